The molecule has 3 fully saturated rings. The lowest BCUT2D eigenvalue weighted by atomic mass is 9.99. The van der Waals surface area contributed by atoms with Gasteiger partial charge in [0.1, 0.15) is 9.84 Å². The molecule has 0 aromatic rings. The first-order chi connectivity index (χ1) is 11.0. The zero-order chi connectivity index (χ0) is 16.3. The Morgan fingerprint density at radius 2 is 1.78 bits per heavy atom. The molecule has 0 unspecified atom stereocenters. The average molecular weight is 344 g/mol. The highest BCUT2D eigenvalue weighted by atomic mass is 32.2. The van der Waals surface area contributed by atoms with Crippen molar-refractivity contribution in [3.05, 3.63) is 0 Å². The Morgan fingerprint density at radius 3 is 2.39 bits per heavy atom. The molecule has 0 aromatic carbocycles. The van der Waals surface area contributed by atoms with Gasteiger partial charge in [0.25, 0.3) is 0 Å². The molecular weight excluding hydrogens is 316 g/mol. The van der Waals surface area contributed by atoms with Crippen molar-refractivity contribution in [2.24, 2.45) is 5.92 Å². The van der Waals surface area contributed by atoms with Gasteiger partial charge in [-0.1, -0.05) is 0 Å². The Morgan fingerprint density at radius 1 is 1.09 bits per heavy atom. The van der Waals surface area contributed by atoms with Crippen molar-refractivity contribution in [3.8, 4) is 0 Å². The largest absolute Gasteiger partial charge is 0.381 e. The second kappa shape index (κ2) is 7.49. The van der Waals surface area contributed by atoms with E-state index in [0.717, 1.165) is 58.4 Å². The number of nitrogens with zero attached hydrogens (tertiary/aromatic N) is 1. The number of likely N-dealkylation sites (tertiary alicyclic amines) is 1. The Kier molecular flexibility index (Phi) is 5.59. The lowest BCUT2D eigenvalue weighted by Gasteiger charge is -2.39. The Hall–Kier alpha value is -0.660. The number of piperidine rings is 1. The zero-order valence-corrected chi connectivity index (χ0v) is 14.5. The number of carbonyl (C=O) groups is 1. The molecular formula is C16H28N2O4S. The fourth-order valence-electron chi connectivity index (χ4n) is 3.94. The van der Waals surface area contributed by atoms with E-state index >= 15 is 0 Å². The average Bonchev–Trinajstić information content (AvgIpc) is 3.01. The monoisotopic (exact) mass is 344 g/mol. The van der Waals surface area contributed by atoms with E-state index < -0.39 is 9.84 Å². The molecule has 3 rings (SSSR count). The number of hydrogen-bond acceptors (Lipinski definition) is 5. The molecule has 0 aromatic heterocycles. The molecule has 23 heavy (non-hydrogen) atoms. The second-order valence-corrected chi connectivity index (χ2v) is 9.50. The number of hydrogen-bond donors (Lipinski definition) is 1. The lowest BCUT2D eigenvalue weighted by Crippen LogP contribution is -2.50. The summed E-state index contributed by atoms with van der Waals surface area (Å²) in [4.78, 5) is 14.5. The van der Waals surface area contributed by atoms with Crippen LogP contribution >= 0.6 is 0 Å². The van der Waals surface area contributed by atoms with E-state index in [-0.39, 0.29) is 11.9 Å². The van der Waals surface area contributed by atoms with Gasteiger partial charge in [-0.15, -0.1) is 0 Å². The molecule has 1 amide bonds. The zero-order valence-electron chi connectivity index (χ0n) is 13.7. The minimum absolute atomic E-state index is 0.155. The fourth-order valence-corrected chi connectivity index (χ4v) is 5.41. The molecule has 0 bridgehead atoms. The van der Waals surface area contributed by atoms with Crippen LogP contribution in [-0.2, 0) is 19.4 Å². The van der Waals surface area contributed by atoms with Crippen molar-refractivity contribution in [2.45, 2.75) is 50.6 Å². The van der Waals surface area contributed by atoms with Gasteiger partial charge in [-0.25, -0.2) is 8.42 Å². The molecule has 3 heterocycles. The van der Waals surface area contributed by atoms with Gasteiger partial charge in [0, 0.05) is 44.8 Å². The van der Waals surface area contributed by atoms with Crippen molar-refractivity contribution in [1.29, 1.82) is 0 Å². The molecule has 1 N–H and O–H groups in total. The smallest absolute Gasteiger partial charge is 0.220 e. The summed E-state index contributed by atoms with van der Waals surface area (Å²) in [6.45, 7) is 3.42. The van der Waals surface area contributed by atoms with E-state index in [9.17, 15) is 13.2 Å². The lowest BCUT2D eigenvalue weighted by molar-refractivity contribution is -0.123. The number of rotatable bonds is 4. The van der Waals surface area contributed by atoms with Gasteiger partial charge in [0.2, 0.25) is 5.91 Å². The highest BCUT2D eigenvalue weighted by Crippen LogP contribution is 2.22. The van der Waals surface area contributed by atoms with Crippen molar-refractivity contribution in [1.82, 2.24) is 10.2 Å². The Bertz CT molecular complexity index is 494. The van der Waals surface area contributed by atoms with Crippen LogP contribution < -0.4 is 5.32 Å². The van der Waals surface area contributed by atoms with Crippen molar-refractivity contribution in [2.75, 3.05) is 37.8 Å². The van der Waals surface area contributed by atoms with Gasteiger partial charge in [-0.05, 0) is 38.0 Å². The third-order valence-corrected chi connectivity index (χ3v) is 7.15. The van der Waals surface area contributed by atoms with Crippen LogP contribution in [0.2, 0.25) is 0 Å². The molecule has 3 saturated heterocycles. The number of amides is 1. The molecule has 3 aliphatic heterocycles. The van der Waals surface area contributed by atoms with Crippen LogP contribution in [0.1, 0.15) is 38.5 Å². The van der Waals surface area contributed by atoms with Crippen molar-refractivity contribution < 1.29 is 17.9 Å². The van der Waals surface area contributed by atoms with E-state index in [4.69, 9.17) is 4.74 Å². The summed E-state index contributed by atoms with van der Waals surface area (Å²) in [6, 6.07) is 0.680. The van der Waals surface area contributed by atoms with Crippen LogP contribution in [0.4, 0.5) is 0 Å². The molecule has 7 heteroatoms. The standard InChI is InChI=1S/C16H28N2O4S/c19-16(11-13-3-8-22-12-13)17-14-1-6-18(7-2-14)15-4-9-23(20,21)10-5-15/h13-15H,1-12H2,(H,17,19)/t13-/m1/s1. The number of sulfone groups is 1. The molecule has 3 aliphatic rings. The highest BCUT2D eigenvalue weighted by Gasteiger charge is 2.31. The summed E-state index contributed by atoms with van der Waals surface area (Å²) >= 11 is 0. The molecule has 0 radical (unpaired) electrons. The summed E-state index contributed by atoms with van der Waals surface area (Å²) in [5.41, 5.74) is 0. The SMILES string of the molecule is O=C(C[C@H]1CCOC1)NC1CCN(C2CCS(=O)(=O)CC2)CC1. The van der Waals surface area contributed by atoms with Crippen LogP contribution in [0.5, 0.6) is 0 Å². The van der Waals surface area contributed by atoms with Crippen LogP contribution in [-0.4, -0.2) is 69.1 Å². The second-order valence-electron chi connectivity index (χ2n) is 7.19. The summed E-state index contributed by atoms with van der Waals surface area (Å²) in [6.07, 6.45) is 5.05. The number of ether oxygens (including phenoxy) is 1. The maximum Gasteiger partial charge on any atom is 0.220 e. The molecule has 0 spiro atoms. The van der Waals surface area contributed by atoms with Gasteiger partial charge in [0.05, 0.1) is 11.5 Å². The van der Waals surface area contributed by atoms with Crippen LogP contribution in [0.25, 0.3) is 0 Å². The first kappa shape index (κ1) is 17.2. The number of nitrogens with one attached hydrogen (secondary N) is 1. The fraction of sp³-hybridized carbons (Fsp3) is 0.938. The maximum atomic E-state index is 12.1. The summed E-state index contributed by atoms with van der Waals surface area (Å²) in [7, 11) is -2.79. The van der Waals surface area contributed by atoms with E-state index in [1.54, 1.807) is 0 Å². The first-order valence-electron chi connectivity index (χ1n) is 8.83. The topological polar surface area (TPSA) is 75.7 Å². The first-order valence-corrected chi connectivity index (χ1v) is 10.7. The molecule has 132 valence electrons. The molecule has 6 nitrogen and oxygen atoms in total. The van der Waals surface area contributed by atoms with Gasteiger partial charge >= 0.3 is 0 Å². The summed E-state index contributed by atoms with van der Waals surface area (Å²) in [5.74, 6) is 1.21. The molecule has 0 saturated carbocycles. The minimum Gasteiger partial charge on any atom is -0.381 e. The van der Waals surface area contributed by atoms with Crippen LogP contribution in [0.15, 0.2) is 0 Å². The Labute approximate surface area is 138 Å². The third-order valence-electron chi connectivity index (χ3n) is 5.43. The normalized spacial score (nSPS) is 30.3. The van der Waals surface area contributed by atoms with Crippen LogP contribution in [0.3, 0.4) is 0 Å². The van der Waals surface area contributed by atoms with E-state index in [1.807, 2.05) is 0 Å². The van der Waals surface area contributed by atoms with E-state index in [1.165, 1.54) is 0 Å². The van der Waals surface area contributed by atoms with E-state index in [0.29, 0.717) is 29.9 Å². The van der Waals surface area contributed by atoms with E-state index in [2.05, 4.69) is 10.2 Å². The summed E-state index contributed by atoms with van der Waals surface area (Å²) in [5, 5.41) is 3.17. The minimum atomic E-state index is -2.79. The van der Waals surface area contributed by atoms with Crippen molar-refractivity contribution >= 4 is 15.7 Å². The Balaban J connectivity index is 1.37. The molecule has 0 aliphatic carbocycles. The summed E-state index contributed by atoms with van der Waals surface area (Å²) < 4.78 is 28.4. The molecule has 1 atom stereocenters. The van der Waals surface area contributed by atoms with Crippen LogP contribution in [0, 0.1) is 5.92 Å². The number of carbonyl (C=O) groups excluding carboxylic acids is 1. The van der Waals surface area contributed by atoms with Gasteiger partial charge in [0.15, 0.2) is 0 Å². The predicted octanol–water partition coefficient (Wildman–Crippen LogP) is 0.571. The third kappa shape index (κ3) is 4.90. The maximum absolute atomic E-state index is 12.1. The quantitative estimate of drug-likeness (QED) is 0.807. The van der Waals surface area contributed by atoms with Gasteiger partial charge in [-0.3, -0.25) is 4.79 Å². The predicted molar refractivity (Wildman–Crippen MR) is 88.0 cm³/mol. The van der Waals surface area contributed by atoms with Crippen molar-refractivity contribution in [3.63, 3.8) is 0 Å². The van der Waals surface area contributed by atoms with Gasteiger partial charge in [-0.2, -0.15) is 0 Å². The highest BCUT2D eigenvalue weighted by molar-refractivity contribution is 7.91. The van der Waals surface area contributed by atoms with Gasteiger partial charge < -0.3 is 15.0 Å².